The molecule has 114 valence electrons. The van der Waals surface area contributed by atoms with Gasteiger partial charge in [-0.15, -0.1) is 11.3 Å². The van der Waals surface area contributed by atoms with Crippen molar-refractivity contribution in [3.8, 4) is 11.3 Å². The third kappa shape index (κ3) is 5.19. The summed E-state index contributed by atoms with van der Waals surface area (Å²) in [5, 5.41) is 6.79. The van der Waals surface area contributed by atoms with Gasteiger partial charge in [-0.05, 0) is 25.2 Å². The Balaban J connectivity index is 1.71. The summed E-state index contributed by atoms with van der Waals surface area (Å²) in [4.78, 5) is 11.2. The monoisotopic (exact) mass is 304 g/mol. The largest absolute Gasteiger partial charge is 0.315 e. The Bertz CT molecular complexity index is 508. The normalized spacial score (nSPS) is 11.2. The highest BCUT2D eigenvalue weighted by molar-refractivity contribution is 7.09. The van der Waals surface area contributed by atoms with Gasteiger partial charge in [0, 0.05) is 49.4 Å². The second-order valence-electron chi connectivity index (χ2n) is 4.90. The van der Waals surface area contributed by atoms with Crippen LogP contribution in [0.15, 0.2) is 29.9 Å². The van der Waals surface area contributed by atoms with Crippen molar-refractivity contribution in [3.05, 3.63) is 34.9 Å². The van der Waals surface area contributed by atoms with E-state index in [1.54, 1.807) is 17.5 Å². The molecular formula is C16H24N4S. The number of hydrogen-bond acceptors (Lipinski definition) is 5. The van der Waals surface area contributed by atoms with Crippen LogP contribution in [0.2, 0.25) is 0 Å². The Labute approximate surface area is 131 Å². The first-order valence-corrected chi connectivity index (χ1v) is 8.49. The molecule has 0 spiro atoms. The summed E-state index contributed by atoms with van der Waals surface area (Å²) < 4.78 is 0. The molecule has 5 heteroatoms. The summed E-state index contributed by atoms with van der Waals surface area (Å²) in [7, 11) is 0. The number of hydrogen-bond donors (Lipinski definition) is 1. The maximum Gasteiger partial charge on any atom is 0.0945 e. The number of nitrogens with one attached hydrogen (secondary N) is 1. The lowest BCUT2D eigenvalue weighted by atomic mass is 10.2. The highest BCUT2D eigenvalue weighted by Crippen LogP contribution is 2.20. The smallest absolute Gasteiger partial charge is 0.0945 e. The molecule has 2 aromatic heterocycles. The number of nitrogens with zero attached hydrogens (tertiary/aromatic N) is 3. The van der Waals surface area contributed by atoms with Gasteiger partial charge in [0.2, 0.25) is 0 Å². The minimum absolute atomic E-state index is 0.987. The van der Waals surface area contributed by atoms with E-state index in [2.05, 4.69) is 39.4 Å². The van der Waals surface area contributed by atoms with Crippen molar-refractivity contribution in [1.29, 1.82) is 0 Å². The molecule has 0 aliphatic heterocycles. The molecule has 0 fully saturated rings. The Hall–Kier alpha value is -1.30. The van der Waals surface area contributed by atoms with E-state index >= 15 is 0 Å². The first-order chi connectivity index (χ1) is 10.3. The molecule has 0 atom stereocenters. The van der Waals surface area contributed by atoms with Crippen molar-refractivity contribution in [3.63, 3.8) is 0 Å². The summed E-state index contributed by atoms with van der Waals surface area (Å²) in [5.74, 6) is 0. The highest BCUT2D eigenvalue weighted by Gasteiger charge is 2.04. The molecule has 0 saturated heterocycles. The number of rotatable bonds is 9. The van der Waals surface area contributed by atoms with Crippen LogP contribution in [0, 0.1) is 0 Å². The lowest BCUT2D eigenvalue weighted by Crippen LogP contribution is -2.32. The van der Waals surface area contributed by atoms with Crippen LogP contribution in [-0.4, -0.2) is 47.6 Å². The van der Waals surface area contributed by atoms with Crippen molar-refractivity contribution in [1.82, 2.24) is 20.2 Å². The molecule has 2 heterocycles. The fraction of sp³-hybridized carbons (Fsp3) is 0.500. The Morgan fingerprint density at radius 2 is 2.10 bits per heavy atom. The van der Waals surface area contributed by atoms with E-state index < -0.39 is 0 Å². The average Bonchev–Trinajstić information content (AvgIpc) is 3.01. The van der Waals surface area contributed by atoms with Crippen LogP contribution in [-0.2, 0) is 6.42 Å². The second kappa shape index (κ2) is 8.87. The molecule has 21 heavy (non-hydrogen) atoms. The topological polar surface area (TPSA) is 41.0 Å². The number of thiazole rings is 1. The summed E-state index contributed by atoms with van der Waals surface area (Å²) in [6.07, 6.45) is 4.64. The molecule has 1 N–H and O–H groups in total. The van der Waals surface area contributed by atoms with Gasteiger partial charge in [0.05, 0.1) is 10.7 Å². The Morgan fingerprint density at radius 3 is 2.81 bits per heavy atom. The van der Waals surface area contributed by atoms with E-state index in [9.17, 15) is 0 Å². The minimum Gasteiger partial charge on any atom is -0.315 e. The van der Waals surface area contributed by atoms with Crippen LogP contribution in [0.1, 0.15) is 18.9 Å². The van der Waals surface area contributed by atoms with Gasteiger partial charge >= 0.3 is 0 Å². The summed E-state index contributed by atoms with van der Waals surface area (Å²) >= 11 is 1.73. The van der Waals surface area contributed by atoms with Crippen LogP contribution >= 0.6 is 11.3 Å². The predicted molar refractivity (Wildman–Crippen MR) is 89.7 cm³/mol. The van der Waals surface area contributed by atoms with Crippen molar-refractivity contribution >= 4 is 11.3 Å². The molecular weight excluding hydrogens is 280 g/mol. The van der Waals surface area contributed by atoms with Gasteiger partial charge in [0.25, 0.3) is 0 Å². The second-order valence-corrected chi connectivity index (χ2v) is 5.84. The lowest BCUT2D eigenvalue weighted by Gasteiger charge is -2.17. The van der Waals surface area contributed by atoms with Crippen LogP contribution in [0.3, 0.4) is 0 Å². The van der Waals surface area contributed by atoms with Crippen LogP contribution in [0.4, 0.5) is 0 Å². The van der Waals surface area contributed by atoms with E-state index in [4.69, 9.17) is 0 Å². The van der Waals surface area contributed by atoms with Gasteiger partial charge in [-0.2, -0.15) is 0 Å². The first kappa shape index (κ1) is 16.1. The standard InChI is InChI=1S/C16H24N4S/c1-3-20(4-2)11-10-17-9-7-16-19-15(13-21-16)14-6-5-8-18-12-14/h5-6,8,12-13,17H,3-4,7,9-11H2,1-2H3. The summed E-state index contributed by atoms with van der Waals surface area (Å²) in [6, 6.07) is 4.00. The molecule has 0 bridgehead atoms. The predicted octanol–water partition coefficient (Wildman–Crippen LogP) is 2.68. The maximum atomic E-state index is 4.67. The van der Waals surface area contributed by atoms with Gasteiger partial charge in [0.1, 0.15) is 0 Å². The van der Waals surface area contributed by atoms with Gasteiger partial charge in [-0.3, -0.25) is 4.98 Å². The maximum absolute atomic E-state index is 4.67. The Kier molecular flexibility index (Phi) is 6.79. The zero-order valence-corrected chi connectivity index (χ0v) is 13.7. The first-order valence-electron chi connectivity index (χ1n) is 7.61. The van der Waals surface area contributed by atoms with Gasteiger partial charge in [-0.1, -0.05) is 13.8 Å². The van der Waals surface area contributed by atoms with Gasteiger partial charge in [0.15, 0.2) is 0 Å². The quantitative estimate of drug-likeness (QED) is 0.723. The van der Waals surface area contributed by atoms with Crippen molar-refractivity contribution in [2.45, 2.75) is 20.3 Å². The average molecular weight is 304 g/mol. The molecule has 0 radical (unpaired) electrons. The molecule has 0 unspecified atom stereocenters. The molecule has 0 amide bonds. The molecule has 0 aliphatic carbocycles. The van der Waals surface area contributed by atoms with Crippen molar-refractivity contribution in [2.24, 2.45) is 0 Å². The fourth-order valence-electron chi connectivity index (χ4n) is 2.17. The zero-order valence-electron chi connectivity index (χ0n) is 12.9. The van der Waals surface area contributed by atoms with Crippen molar-refractivity contribution in [2.75, 3.05) is 32.7 Å². The molecule has 2 aromatic rings. The molecule has 2 rings (SSSR count). The number of likely N-dealkylation sites (N-methyl/N-ethyl adjacent to an activating group) is 1. The molecule has 0 saturated carbocycles. The number of aromatic nitrogens is 2. The van der Waals surface area contributed by atoms with E-state index in [0.29, 0.717) is 0 Å². The van der Waals surface area contributed by atoms with E-state index in [0.717, 1.165) is 50.4 Å². The van der Waals surface area contributed by atoms with Crippen molar-refractivity contribution < 1.29 is 0 Å². The van der Waals surface area contributed by atoms with E-state index in [1.165, 1.54) is 5.01 Å². The summed E-state index contributed by atoms with van der Waals surface area (Å²) in [6.45, 7) is 9.81. The van der Waals surface area contributed by atoms with Crippen LogP contribution in [0.5, 0.6) is 0 Å². The molecule has 0 aromatic carbocycles. The molecule has 4 nitrogen and oxygen atoms in total. The number of pyridine rings is 1. The third-order valence-electron chi connectivity index (χ3n) is 3.52. The summed E-state index contributed by atoms with van der Waals surface area (Å²) in [5.41, 5.74) is 2.13. The van der Waals surface area contributed by atoms with Gasteiger partial charge in [-0.25, -0.2) is 4.98 Å². The minimum atomic E-state index is 0.987. The van der Waals surface area contributed by atoms with Crippen LogP contribution < -0.4 is 5.32 Å². The van der Waals surface area contributed by atoms with E-state index in [-0.39, 0.29) is 0 Å². The SMILES string of the molecule is CCN(CC)CCNCCc1nc(-c2cccnc2)cs1. The lowest BCUT2D eigenvalue weighted by molar-refractivity contribution is 0.303. The molecule has 0 aliphatic rings. The zero-order chi connectivity index (χ0) is 14.9. The van der Waals surface area contributed by atoms with Crippen LogP contribution in [0.25, 0.3) is 11.3 Å². The third-order valence-corrected chi connectivity index (χ3v) is 4.43. The van der Waals surface area contributed by atoms with E-state index in [1.807, 2.05) is 18.3 Å². The highest BCUT2D eigenvalue weighted by atomic mass is 32.1. The fourth-order valence-corrected chi connectivity index (χ4v) is 2.98. The Morgan fingerprint density at radius 1 is 1.24 bits per heavy atom. The van der Waals surface area contributed by atoms with Gasteiger partial charge < -0.3 is 10.2 Å².